The lowest BCUT2D eigenvalue weighted by Crippen LogP contribution is -3.01. The van der Waals surface area contributed by atoms with Crippen LogP contribution in [-0.4, -0.2) is 26.3 Å². The van der Waals surface area contributed by atoms with E-state index in [0.29, 0.717) is 6.26 Å². The number of rotatable bonds is 1. The maximum absolute atomic E-state index is 9.08. The van der Waals surface area contributed by atoms with E-state index in [2.05, 4.69) is 32.3 Å². The van der Waals surface area contributed by atoms with Gasteiger partial charge in [-0.1, -0.05) is 6.92 Å². The van der Waals surface area contributed by atoms with Crippen LogP contribution in [0.4, 0.5) is 0 Å². The summed E-state index contributed by atoms with van der Waals surface area (Å²) in [5, 5.41) is 0. The third-order valence-corrected chi connectivity index (χ3v) is 1.53. The molecule has 1 rings (SSSR count). The highest BCUT2D eigenvalue weighted by atomic mass is 32.2. The average Bonchev–Trinajstić information content (AvgIpc) is 2.31. The Morgan fingerprint density at radius 1 is 1.54 bits per heavy atom. The zero-order valence-corrected chi connectivity index (χ0v) is 8.89. The van der Waals surface area contributed by atoms with Gasteiger partial charge in [-0.3, -0.25) is 4.90 Å². The summed E-state index contributed by atoms with van der Waals surface area (Å²) in [6, 6.07) is 0. The van der Waals surface area contributed by atoms with E-state index >= 15 is 0 Å². The van der Waals surface area contributed by atoms with Crippen LogP contribution in [0.2, 0.25) is 0 Å². The van der Waals surface area contributed by atoms with Gasteiger partial charge in [-0.25, -0.2) is 8.42 Å². The van der Waals surface area contributed by atoms with Crippen molar-refractivity contribution in [2.24, 2.45) is 0 Å². The molecule has 13 heavy (non-hydrogen) atoms. The second-order valence-corrected chi connectivity index (χ2v) is 4.20. The third kappa shape index (κ3) is 7.70. The molecule has 1 aliphatic rings. The molecule has 0 aliphatic carbocycles. The predicted molar refractivity (Wildman–Crippen MR) is 50.0 cm³/mol. The fraction of sp³-hybridized carbons (Fsp3) is 0.500. The standard InChI is InChI=1S/C7H11N.CH4O3S/c1-3-7-5-4-6-8(7)2;1-5(2,3)4/h4-6H,3H2,1-2H3;1H3,(H,2,3,4). The van der Waals surface area contributed by atoms with Gasteiger partial charge in [-0.05, 0) is 6.08 Å². The molecule has 0 aromatic rings. The topological polar surface area (TPSA) is 61.6 Å². The van der Waals surface area contributed by atoms with Gasteiger partial charge in [-0.2, -0.15) is 0 Å². The van der Waals surface area contributed by atoms with Crippen molar-refractivity contribution in [3.63, 3.8) is 0 Å². The van der Waals surface area contributed by atoms with E-state index in [9.17, 15) is 0 Å². The minimum atomic E-state index is -3.92. The number of allylic oxidation sites excluding steroid dienone is 3. The van der Waals surface area contributed by atoms with Crippen LogP contribution in [0.1, 0.15) is 13.3 Å². The summed E-state index contributed by atoms with van der Waals surface area (Å²) in [4.78, 5) is 1.42. The molecule has 1 unspecified atom stereocenters. The molecule has 1 N–H and O–H groups in total. The smallest absolute Gasteiger partial charge is 0.111 e. The van der Waals surface area contributed by atoms with E-state index < -0.39 is 10.1 Å². The molecule has 0 aromatic carbocycles. The maximum atomic E-state index is 9.08. The van der Waals surface area contributed by atoms with Crippen molar-refractivity contribution < 1.29 is 17.9 Å². The summed E-state index contributed by atoms with van der Waals surface area (Å²) < 4.78 is 27.2. The molecule has 0 bridgehead atoms. The molecular formula is C8H15NO3S. The molecule has 0 saturated carbocycles. The molecule has 0 saturated heterocycles. The van der Waals surface area contributed by atoms with Crippen molar-refractivity contribution in [2.45, 2.75) is 13.3 Å². The van der Waals surface area contributed by atoms with E-state index in [0.717, 1.165) is 0 Å². The third-order valence-electron chi connectivity index (χ3n) is 1.53. The number of quaternary nitrogens is 1. The van der Waals surface area contributed by atoms with Gasteiger partial charge in [0.1, 0.15) is 5.70 Å². The van der Waals surface area contributed by atoms with Crippen molar-refractivity contribution in [3.8, 4) is 0 Å². The lowest BCUT2D eigenvalue weighted by atomic mass is 10.3. The molecular weight excluding hydrogens is 190 g/mol. The number of nitrogens with one attached hydrogen (secondary N) is 1. The molecule has 0 radical (unpaired) electrons. The van der Waals surface area contributed by atoms with Crippen molar-refractivity contribution in [1.29, 1.82) is 0 Å². The lowest BCUT2D eigenvalue weighted by molar-refractivity contribution is -0.780. The lowest BCUT2D eigenvalue weighted by Gasteiger charge is -2.03. The average molecular weight is 205 g/mol. The Hall–Kier alpha value is -0.650. The van der Waals surface area contributed by atoms with Gasteiger partial charge in [0.25, 0.3) is 0 Å². The summed E-state index contributed by atoms with van der Waals surface area (Å²) in [7, 11) is -1.77. The maximum Gasteiger partial charge on any atom is 0.111 e. The highest BCUT2D eigenvalue weighted by Crippen LogP contribution is 1.94. The van der Waals surface area contributed by atoms with Crippen LogP contribution in [0.25, 0.3) is 0 Å². The zero-order valence-electron chi connectivity index (χ0n) is 8.07. The van der Waals surface area contributed by atoms with E-state index in [4.69, 9.17) is 13.0 Å². The molecule has 0 fully saturated rings. The molecule has 0 aromatic heterocycles. The Morgan fingerprint density at radius 3 is 2.15 bits per heavy atom. The highest BCUT2D eigenvalue weighted by Gasteiger charge is 2.06. The highest BCUT2D eigenvalue weighted by molar-refractivity contribution is 7.84. The molecule has 1 aliphatic heterocycles. The van der Waals surface area contributed by atoms with Gasteiger partial charge in [0, 0.05) is 18.8 Å². The first-order valence-electron chi connectivity index (χ1n) is 3.96. The second kappa shape index (κ2) is 5.16. The number of hydrogen-bond acceptors (Lipinski definition) is 3. The van der Waals surface area contributed by atoms with Crippen molar-refractivity contribution in [3.05, 3.63) is 24.0 Å². The van der Waals surface area contributed by atoms with Gasteiger partial charge in [-0.15, -0.1) is 0 Å². The minimum Gasteiger partial charge on any atom is -0.748 e. The SMILES string of the molecule is CCC1=CC=C[NH+]1C.CS(=O)(=O)[O-]. The van der Waals surface area contributed by atoms with Crippen LogP contribution in [0.15, 0.2) is 24.0 Å². The van der Waals surface area contributed by atoms with Gasteiger partial charge in [0.05, 0.1) is 23.4 Å². The Labute approximate surface area is 79.3 Å². The van der Waals surface area contributed by atoms with Crippen LogP contribution < -0.4 is 4.90 Å². The van der Waals surface area contributed by atoms with Gasteiger partial charge < -0.3 is 4.55 Å². The van der Waals surface area contributed by atoms with Gasteiger partial charge in [0.15, 0.2) is 0 Å². The Balaban J connectivity index is 0.000000252. The quantitative estimate of drug-likeness (QED) is 0.586. The van der Waals surface area contributed by atoms with E-state index in [1.165, 1.54) is 17.0 Å². The molecule has 1 atom stereocenters. The van der Waals surface area contributed by atoms with Crippen LogP contribution in [0.5, 0.6) is 0 Å². The summed E-state index contributed by atoms with van der Waals surface area (Å²) >= 11 is 0. The number of hydrogen-bond donors (Lipinski definition) is 1. The molecule has 5 heteroatoms. The molecule has 0 amide bonds. The Morgan fingerprint density at radius 2 is 2.00 bits per heavy atom. The van der Waals surface area contributed by atoms with Crippen molar-refractivity contribution in [1.82, 2.24) is 0 Å². The largest absolute Gasteiger partial charge is 0.748 e. The Bertz CT molecular complexity index is 295. The first-order valence-corrected chi connectivity index (χ1v) is 5.78. The zero-order chi connectivity index (χ0) is 10.5. The normalized spacial score (nSPS) is 20.6. The van der Waals surface area contributed by atoms with E-state index in [-0.39, 0.29) is 0 Å². The summed E-state index contributed by atoms with van der Waals surface area (Å²) in [6.07, 6.45) is 8.20. The molecule has 1 heterocycles. The molecule has 76 valence electrons. The second-order valence-electron chi connectivity index (χ2n) is 2.79. The first-order chi connectivity index (χ1) is 5.84. The van der Waals surface area contributed by atoms with Crippen LogP contribution in [-0.2, 0) is 10.1 Å². The Kier molecular flexibility index (Phi) is 4.90. The van der Waals surface area contributed by atoms with Crippen LogP contribution >= 0.6 is 0 Å². The summed E-state index contributed by atoms with van der Waals surface area (Å²) in [5.74, 6) is 0. The first kappa shape index (κ1) is 12.3. The predicted octanol–water partition coefficient (Wildman–Crippen LogP) is -0.516. The minimum absolute atomic E-state index is 0.604. The summed E-state index contributed by atoms with van der Waals surface area (Å²) in [6.45, 7) is 2.18. The van der Waals surface area contributed by atoms with Crippen LogP contribution in [0, 0.1) is 0 Å². The fourth-order valence-electron chi connectivity index (χ4n) is 0.944. The van der Waals surface area contributed by atoms with Crippen molar-refractivity contribution in [2.75, 3.05) is 13.3 Å². The molecule has 0 spiro atoms. The van der Waals surface area contributed by atoms with Crippen molar-refractivity contribution >= 4 is 10.1 Å². The fourth-order valence-corrected chi connectivity index (χ4v) is 0.944. The van der Waals surface area contributed by atoms with Gasteiger partial charge >= 0.3 is 0 Å². The molecule has 4 nitrogen and oxygen atoms in total. The monoisotopic (exact) mass is 205 g/mol. The van der Waals surface area contributed by atoms with E-state index in [1.807, 2.05) is 0 Å². The van der Waals surface area contributed by atoms with E-state index in [1.54, 1.807) is 0 Å². The van der Waals surface area contributed by atoms with Crippen LogP contribution in [0.3, 0.4) is 0 Å². The van der Waals surface area contributed by atoms with Gasteiger partial charge in [0.2, 0.25) is 0 Å². The summed E-state index contributed by atoms with van der Waals surface area (Å²) in [5.41, 5.74) is 1.48.